The normalized spacial score (nSPS) is 10.9. The van der Waals surface area contributed by atoms with E-state index in [0.717, 1.165) is 35.0 Å². The molecule has 1 amide bonds. The summed E-state index contributed by atoms with van der Waals surface area (Å²) < 4.78 is 0. The summed E-state index contributed by atoms with van der Waals surface area (Å²) in [6.45, 7) is 14.2. The Hall–Kier alpha value is -3.72. The minimum absolute atomic E-state index is 0.0561. The van der Waals surface area contributed by atoms with Crippen molar-refractivity contribution in [3.63, 3.8) is 0 Å². The number of ketones is 1. The van der Waals surface area contributed by atoms with Gasteiger partial charge in [0, 0.05) is 17.7 Å². The number of amides is 1. The fourth-order valence-electron chi connectivity index (χ4n) is 4.18. The summed E-state index contributed by atoms with van der Waals surface area (Å²) >= 11 is 0. The summed E-state index contributed by atoms with van der Waals surface area (Å²) in [5.74, 6) is 0.721. The zero-order valence-corrected chi connectivity index (χ0v) is 24.1. The lowest BCUT2D eigenvalue weighted by molar-refractivity contribution is -0.115. The Morgan fingerprint density at radius 3 is 1.92 bits per heavy atom. The number of hydrogen-bond acceptors (Lipinski definition) is 2. The topological polar surface area (TPSA) is 46.2 Å². The van der Waals surface area contributed by atoms with E-state index in [9.17, 15) is 9.59 Å². The van der Waals surface area contributed by atoms with Crippen LogP contribution in [0.1, 0.15) is 86.0 Å². The number of carbonyl (C=O) groups excluding carboxylic acids is 2. The van der Waals surface area contributed by atoms with E-state index in [0.29, 0.717) is 12.3 Å². The van der Waals surface area contributed by atoms with Crippen molar-refractivity contribution >= 4 is 28.2 Å². The number of nitrogens with one attached hydrogen (secondary N) is 1. The van der Waals surface area contributed by atoms with E-state index in [1.807, 2.05) is 62.4 Å². The van der Waals surface area contributed by atoms with Gasteiger partial charge in [-0.05, 0) is 79.1 Å². The fraction of sp³-hybridized carbons (Fsp3) is 0.314. The predicted octanol–water partition coefficient (Wildman–Crippen LogP) is 9.46. The first-order chi connectivity index (χ1) is 18.2. The third-order valence-electron chi connectivity index (χ3n) is 6.59. The molecule has 0 spiro atoms. The van der Waals surface area contributed by atoms with E-state index >= 15 is 0 Å². The summed E-state index contributed by atoms with van der Waals surface area (Å²) in [5, 5.41) is 5.09. The number of benzene rings is 4. The van der Waals surface area contributed by atoms with E-state index in [1.54, 1.807) is 6.92 Å². The average Bonchev–Trinajstić information content (AvgIpc) is 2.92. The maximum Gasteiger partial charge on any atom is 0.224 e. The van der Waals surface area contributed by atoms with E-state index in [-0.39, 0.29) is 11.7 Å². The Labute approximate surface area is 229 Å². The lowest BCUT2D eigenvalue weighted by Gasteiger charge is -2.14. The molecule has 1 N–H and O–H groups in total. The molecule has 0 heterocycles. The number of aryl methyl sites for hydroxylation is 3. The molecule has 200 valence electrons. The van der Waals surface area contributed by atoms with Crippen LogP contribution < -0.4 is 5.32 Å². The Kier molecular flexibility index (Phi) is 12.5. The van der Waals surface area contributed by atoms with Crippen LogP contribution in [0.5, 0.6) is 0 Å². The SMILES string of the molecule is CCC(=O)Nc1cccc(C)c1.CCC(C)c1ccc(C(C)=O)c2ccccc12.CCc1cccc(C)c1. The summed E-state index contributed by atoms with van der Waals surface area (Å²) in [5.41, 5.74) is 6.98. The van der Waals surface area contributed by atoms with Crippen LogP contribution in [0.25, 0.3) is 10.8 Å². The molecule has 0 aliphatic carbocycles. The summed E-state index contributed by atoms with van der Waals surface area (Å²) in [4.78, 5) is 22.6. The van der Waals surface area contributed by atoms with Gasteiger partial charge in [0.05, 0.1) is 0 Å². The van der Waals surface area contributed by atoms with Crippen LogP contribution in [-0.4, -0.2) is 11.7 Å². The zero-order chi connectivity index (χ0) is 28.1. The molecule has 0 fully saturated rings. The van der Waals surface area contributed by atoms with Crippen molar-refractivity contribution in [2.24, 2.45) is 0 Å². The molecule has 0 aromatic heterocycles. The largest absolute Gasteiger partial charge is 0.326 e. The first-order valence-corrected chi connectivity index (χ1v) is 13.6. The molecule has 0 saturated carbocycles. The Bertz CT molecular complexity index is 1340. The second kappa shape index (κ2) is 15.5. The van der Waals surface area contributed by atoms with Crippen LogP contribution >= 0.6 is 0 Å². The van der Waals surface area contributed by atoms with Crippen LogP contribution in [0, 0.1) is 13.8 Å². The van der Waals surface area contributed by atoms with Gasteiger partial charge in [0.25, 0.3) is 0 Å². The maximum atomic E-state index is 11.6. The van der Waals surface area contributed by atoms with E-state index in [2.05, 4.69) is 69.4 Å². The van der Waals surface area contributed by atoms with Crippen molar-refractivity contribution < 1.29 is 9.59 Å². The van der Waals surface area contributed by atoms with E-state index in [1.165, 1.54) is 22.1 Å². The molecular weight excluding hydrogens is 466 g/mol. The molecule has 0 bridgehead atoms. The lowest BCUT2D eigenvalue weighted by atomic mass is 9.90. The highest BCUT2D eigenvalue weighted by Gasteiger charge is 2.11. The lowest BCUT2D eigenvalue weighted by Crippen LogP contribution is -2.09. The van der Waals surface area contributed by atoms with Crippen molar-refractivity contribution in [3.8, 4) is 0 Å². The number of rotatable bonds is 6. The minimum atomic E-state index is 0.0561. The van der Waals surface area contributed by atoms with Gasteiger partial charge in [-0.15, -0.1) is 0 Å². The molecule has 4 aromatic carbocycles. The molecule has 0 aliphatic rings. The molecule has 1 atom stereocenters. The number of fused-ring (bicyclic) bond motifs is 1. The third kappa shape index (κ3) is 9.30. The highest BCUT2D eigenvalue weighted by molar-refractivity contribution is 6.07. The summed E-state index contributed by atoms with van der Waals surface area (Å²) in [7, 11) is 0. The van der Waals surface area contributed by atoms with Gasteiger partial charge in [-0.2, -0.15) is 0 Å². The van der Waals surface area contributed by atoms with Crippen molar-refractivity contribution in [1.82, 2.24) is 0 Å². The highest BCUT2D eigenvalue weighted by atomic mass is 16.1. The first-order valence-electron chi connectivity index (χ1n) is 13.6. The standard InChI is InChI=1S/C16H18O.C10H13NO.C9H12/c1-4-11(2)13-9-10-14(12(3)17)16-8-6-5-7-15(13)16;1-3-10(12)11-9-6-4-5-8(2)7-9;1-3-9-6-4-5-8(2)7-9/h5-11H,4H2,1-3H3;4-7H,3H2,1-2H3,(H,11,12);4-7H,3H2,1-2H3. The number of carbonyl (C=O) groups is 2. The van der Waals surface area contributed by atoms with Gasteiger partial charge in [-0.1, -0.05) is 106 Å². The van der Waals surface area contributed by atoms with E-state index < -0.39 is 0 Å². The predicted molar refractivity (Wildman–Crippen MR) is 163 cm³/mol. The minimum Gasteiger partial charge on any atom is -0.326 e. The second-order valence-corrected chi connectivity index (χ2v) is 9.73. The number of Topliss-reactive ketones (excluding diaryl/α,β-unsaturated/α-hetero) is 1. The van der Waals surface area contributed by atoms with Crippen LogP contribution in [0.2, 0.25) is 0 Å². The molecule has 4 rings (SSSR count). The van der Waals surface area contributed by atoms with Gasteiger partial charge in [-0.3, -0.25) is 9.59 Å². The van der Waals surface area contributed by atoms with Gasteiger partial charge < -0.3 is 5.32 Å². The highest BCUT2D eigenvalue weighted by Crippen LogP contribution is 2.29. The molecule has 3 heteroatoms. The second-order valence-electron chi connectivity index (χ2n) is 9.73. The van der Waals surface area contributed by atoms with Crippen molar-refractivity contribution in [2.45, 2.75) is 73.6 Å². The smallest absolute Gasteiger partial charge is 0.224 e. The van der Waals surface area contributed by atoms with Gasteiger partial charge in [0.15, 0.2) is 5.78 Å². The Balaban J connectivity index is 0.000000212. The average molecular weight is 510 g/mol. The van der Waals surface area contributed by atoms with Crippen LogP contribution in [0.3, 0.4) is 0 Å². The van der Waals surface area contributed by atoms with Gasteiger partial charge >= 0.3 is 0 Å². The number of anilines is 1. The number of hydrogen-bond donors (Lipinski definition) is 1. The Morgan fingerprint density at radius 2 is 1.39 bits per heavy atom. The zero-order valence-electron chi connectivity index (χ0n) is 24.1. The molecule has 1 unspecified atom stereocenters. The van der Waals surface area contributed by atoms with Crippen LogP contribution in [0.15, 0.2) is 84.9 Å². The third-order valence-corrected chi connectivity index (χ3v) is 6.59. The van der Waals surface area contributed by atoms with Gasteiger partial charge in [0.1, 0.15) is 0 Å². The summed E-state index contributed by atoms with van der Waals surface area (Å²) in [6, 6.07) is 28.6. The monoisotopic (exact) mass is 509 g/mol. The molecule has 0 radical (unpaired) electrons. The van der Waals surface area contributed by atoms with Crippen LogP contribution in [-0.2, 0) is 11.2 Å². The molecule has 0 aliphatic heterocycles. The molecule has 0 saturated heterocycles. The fourth-order valence-corrected chi connectivity index (χ4v) is 4.18. The molecule has 3 nitrogen and oxygen atoms in total. The van der Waals surface area contributed by atoms with Crippen molar-refractivity contribution in [3.05, 3.63) is 113 Å². The van der Waals surface area contributed by atoms with Crippen molar-refractivity contribution in [1.29, 1.82) is 0 Å². The molecule has 38 heavy (non-hydrogen) atoms. The van der Waals surface area contributed by atoms with Crippen molar-refractivity contribution in [2.75, 3.05) is 5.32 Å². The maximum absolute atomic E-state index is 11.6. The molecule has 4 aromatic rings. The first kappa shape index (κ1) is 30.5. The van der Waals surface area contributed by atoms with Gasteiger partial charge in [0.2, 0.25) is 5.91 Å². The molecular formula is C35H43NO2. The quantitative estimate of drug-likeness (QED) is 0.263. The van der Waals surface area contributed by atoms with Crippen LogP contribution in [0.4, 0.5) is 5.69 Å². The summed E-state index contributed by atoms with van der Waals surface area (Å²) in [6.07, 6.45) is 2.78. The van der Waals surface area contributed by atoms with Gasteiger partial charge in [-0.25, -0.2) is 0 Å². The Morgan fingerprint density at radius 1 is 0.763 bits per heavy atom. The van der Waals surface area contributed by atoms with E-state index in [4.69, 9.17) is 0 Å².